The zero-order valence-electron chi connectivity index (χ0n) is 15.8. The van der Waals surface area contributed by atoms with Crippen LogP contribution in [-0.2, 0) is 11.3 Å². The number of tetrazole rings is 1. The average Bonchev–Trinajstić information content (AvgIpc) is 3.37. The van der Waals surface area contributed by atoms with Crippen molar-refractivity contribution in [3.8, 4) is 22.9 Å². The zero-order valence-corrected chi connectivity index (χ0v) is 15.8. The minimum atomic E-state index is -0.213. The Balaban J connectivity index is 1.34. The third-order valence-electron chi connectivity index (χ3n) is 4.41. The zero-order chi connectivity index (χ0) is 20.2. The number of amides is 1. The third-order valence-corrected chi connectivity index (χ3v) is 4.41. The second-order valence-corrected chi connectivity index (χ2v) is 6.53. The van der Waals surface area contributed by atoms with Crippen LogP contribution >= 0.6 is 0 Å². The van der Waals surface area contributed by atoms with Gasteiger partial charge in [0.2, 0.25) is 18.5 Å². The van der Waals surface area contributed by atoms with Crippen molar-refractivity contribution < 1.29 is 19.1 Å². The van der Waals surface area contributed by atoms with Crippen LogP contribution in [0.2, 0.25) is 0 Å². The first-order valence-corrected chi connectivity index (χ1v) is 9.18. The molecule has 1 aliphatic heterocycles. The monoisotopic (exact) mass is 393 g/mol. The number of benzene rings is 2. The van der Waals surface area contributed by atoms with Crippen LogP contribution in [0.25, 0.3) is 11.4 Å². The van der Waals surface area contributed by atoms with E-state index >= 15 is 0 Å². The number of aromatic nitrogens is 4. The van der Waals surface area contributed by atoms with Gasteiger partial charge in [-0.1, -0.05) is 30.3 Å². The Bertz CT molecular complexity index is 1050. The second-order valence-electron chi connectivity index (χ2n) is 6.53. The van der Waals surface area contributed by atoms with Gasteiger partial charge in [0.1, 0.15) is 0 Å². The van der Waals surface area contributed by atoms with Crippen molar-refractivity contribution in [2.45, 2.75) is 26.3 Å². The minimum Gasteiger partial charge on any atom is -0.454 e. The number of nitrogens with zero attached hydrogens (tertiary/aromatic N) is 4. The van der Waals surface area contributed by atoms with Crippen LogP contribution in [0, 0.1) is 0 Å². The van der Waals surface area contributed by atoms with E-state index in [0.29, 0.717) is 41.5 Å². The number of hydrogen-bond acceptors (Lipinski definition) is 7. The molecule has 4 rings (SSSR count). The Kier molecular flexibility index (Phi) is 5.19. The van der Waals surface area contributed by atoms with E-state index in [4.69, 9.17) is 9.47 Å². The minimum absolute atomic E-state index is 0.0972. The summed E-state index contributed by atoms with van der Waals surface area (Å²) in [6, 6.07) is 12.8. The van der Waals surface area contributed by atoms with E-state index in [-0.39, 0.29) is 24.9 Å². The highest BCUT2D eigenvalue weighted by molar-refractivity contribution is 6.04. The summed E-state index contributed by atoms with van der Waals surface area (Å²) < 4.78 is 10.6. The summed E-state index contributed by atoms with van der Waals surface area (Å²) in [6.07, 6.45) is 0.768. The van der Waals surface area contributed by atoms with Crippen molar-refractivity contribution in [2.24, 2.45) is 0 Å². The molecule has 0 aliphatic carbocycles. The number of rotatable bonds is 7. The molecule has 9 heteroatoms. The molecular weight excluding hydrogens is 374 g/mol. The number of anilines is 1. The fraction of sp³-hybridized carbons (Fsp3) is 0.250. The van der Waals surface area contributed by atoms with Gasteiger partial charge in [0.15, 0.2) is 17.3 Å². The van der Waals surface area contributed by atoms with Gasteiger partial charge in [0, 0.05) is 23.6 Å². The molecule has 2 aromatic carbocycles. The molecule has 3 aromatic rings. The SMILES string of the molecule is CC(=O)c1cc2c(cc1NC(=O)CCCn1nnc(-c3ccccc3)n1)OCO2. The van der Waals surface area contributed by atoms with Crippen LogP contribution in [0.15, 0.2) is 42.5 Å². The van der Waals surface area contributed by atoms with Crippen LogP contribution in [0.3, 0.4) is 0 Å². The van der Waals surface area contributed by atoms with Crippen molar-refractivity contribution in [1.29, 1.82) is 0 Å². The molecule has 1 amide bonds. The topological polar surface area (TPSA) is 108 Å². The van der Waals surface area contributed by atoms with Gasteiger partial charge in [-0.25, -0.2) is 0 Å². The first kappa shape index (κ1) is 18.6. The van der Waals surface area contributed by atoms with Gasteiger partial charge >= 0.3 is 0 Å². The van der Waals surface area contributed by atoms with Crippen molar-refractivity contribution in [3.63, 3.8) is 0 Å². The van der Waals surface area contributed by atoms with Crippen LogP contribution in [0.1, 0.15) is 30.1 Å². The van der Waals surface area contributed by atoms with E-state index in [1.54, 1.807) is 12.1 Å². The molecule has 148 valence electrons. The lowest BCUT2D eigenvalue weighted by atomic mass is 10.1. The predicted octanol–water partition coefficient (Wildman–Crippen LogP) is 2.69. The summed E-state index contributed by atoms with van der Waals surface area (Å²) >= 11 is 0. The quantitative estimate of drug-likeness (QED) is 0.615. The third kappa shape index (κ3) is 4.23. The molecule has 0 spiro atoms. The Morgan fingerprint density at radius 2 is 1.90 bits per heavy atom. The van der Waals surface area contributed by atoms with E-state index in [1.165, 1.54) is 11.7 Å². The number of ether oxygens (including phenoxy) is 2. The molecule has 0 saturated carbocycles. The van der Waals surface area contributed by atoms with Crippen molar-refractivity contribution in [2.75, 3.05) is 12.1 Å². The molecule has 0 atom stereocenters. The molecule has 0 bridgehead atoms. The van der Waals surface area contributed by atoms with Crippen LogP contribution in [0.5, 0.6) is 11.5 Å². The van der Waals surface area contributed by atoms with E-state index in [9.17, 15) is 9.59 Å². The molecule has 0 radical (unpaired) electrons. The highest BCUT2D eigenvalue weighted by atomic mass is 16.7. The fourth-order valence-electron chi connectivity index (χ4n) is 2.97. The van der Waals surface area contributed by atoms with Gasteiger partial charge in [-0.3, -0.25) is 9.59 Å². The fourth-order valence-corrected chi connectivity index (χ4v) is 2.97. The molecular formula is C20H19N5O4. The number of fused-ring (bicyclic) bond motifs is 1. The molecule has 29 heavy (non-hydrogen) atoms. The standard InChI is InChI=1S/C20H19N5O4/c1-13(26)15-10-17-18(29-12-28-17)11-16(15)21-19(27)8-5-9-25-23-20(22-24-25)14-6-3-2-4-7-14/h2-4,6-7,10-11H,5,8-9,12H2,1H3,(H,21,27). The summed E-state index contributed by atoms with van der Waals surface area (Å²) in [6.45, 7) is 1.99. The Morgan fingerprint density at radius 1 is 1.14 bits per heavy atom. The maximum atomic E-state index is 12.3. The van der Waals surface area contributed by atoms with Crippen molar-refractivity contribution >= 4 is 17.4 Å². The molecule has 0 fully saturated rings. The number of carbonyl (C=O) groups is 2. The Hall–Kier alpha value is -3.75. The van der Waals surface area contributed by atoms with Crippen molar-refractivity contribution in [1.82, 2.24) is 20.2 Å². The normalized spacial score (nSPS) is 12.0. The highest BCUT2D eigenvalue weighted by Gasteiger charge is 2.20. The number of nitrogens with one attached hydrogen (secondary N) is 1. The first-order chi connectivity index (χ1) is 14.1. The van der Waals surface area contributed by atoms with Crippen LogP contribution in [-0.4, -0.2) is 38.7 Å². The molecule has 1 aliphatic rings. The lowest BCUT2D eigenvalue weighted by Crippen LogP contribution is -2.15. The molecule has 0 saturated heterocycles. The van der Waals surface area contributed by atoms with Gasteiger partial charge in [-0.2, -0.15) is 4.80 Å². The number of hydrogen-bond donors (Lipinski definition) is 1. The van der Waals surface area contributed by atoms with Gasteiger partial charge < -0.3 is 14.8 Å². The summed E-state index contributed by atoms with van der Waals surface area (Å²) in [5.74, 6) is 1.17. The summed E-state index contributed by atoms with van der Waals surface area (Å²) in [5, 5.41) is 15.2. The number of ketones is 1. The smallest absolute Gasteiger partial charge is 0.231 e. The maximum Gasteiger partial charge on any atom is 0.231 e. The van der Waals surface area contributed by atoms with E-state index in [2.05, 4.69) is 20.7 Å². The number of aryl methyl sites for hydroxylation is 1. The summed E-state index contributed by atoms with van der Waals surface area (Å²) in [5.41, 5.74) is 1.68. The van der Waals surface area contributed by atoms with E-state index < -0.39 is 0 Å². The molecule has 1 N–H and O–H groups in total. The maximum absolute atomic E-state index is 12.3. The van der Waals surface area contributed by atoms with Crippen molar-refractivity contribution in [3.05, 3.63) is 48.0 Å². The average molecular weight is 393 g/mol. The van der Waals surface area contributed by atoms with Gasteiger partial charge in [-0.05, 0) is 24.6 Å². The largest absolute Gasteiger partial charge is 0.454 e. The molecule has 0 unspecified atom stereocenters. The lowest BCUT2D eigenvalue weighted by molar-refractivity contribution is -0.116. The van der Waals surface area contributed by atoms with Gasteiger partial charge in [0.05, 0.1) is 12.2 Å². The Labute approximate surface area is 166 Å². The van der Waals surface area contributed by atoms with Gasteiger partial charge in [0.25, 0.3) is 0 Å². The highest BCUT2D eigenvalue weighted by Crippen LogP contribution is 2.37. The predicted molar refractivity (Wildman–Crippen MR) is 104 cm³/mol. The molecule has 1 aromatic heterocycles. The number of Topliss-reactive ketones (excluding diaryl/α,β-unsaturated/α-hetero) is 1. The summed E-state index contributed by atoms with van der Waals surface area (Å²) in [7, 11) is 0. The van der Waals surface area contributed by atoms with Crippen LogP contribution in [0.4, 0.5) is 5.69 Å². The van der Waals surface area contributed by atoms with Gasteiger partial charge in [-0.15, -0.1) is 10.2 Å². The van der Waals surface area contributed by atoms with E-state index in [1.807, 2.05) is 30.3 Å². The van der Waals surface area contributed by atoms with Crippen LogP contribution < -0.4 is 14.8 Å². The first-order valence-electron chi connectivity index (χ1n) is 9.18. The molecule has 2 heterocycles. The van der Waals surface area contributed by atoms with E-state index in [0.717, 1.165) is 5.56 Å². The lowest BCUT2D eigenvalue weighted by Gasteiger charge is -2.10. The number of carbonyl (C=O) groups excluding carboxylic acids is 2. The summed E-state index contributed by atoms with van der Waals surface area (Å²) in [4.78, 5) is 25.7. The molecule has 9 nitrogen and oxygen atoms in total. The second kappa shape index (κ2) is 8.09. The Morgan fingerprint density at radius 3 is 2.66 bits per heavy atom.